The SMILES string of the molecule is C=C/C=C(\C=C)CC1(C)CCCCC(C)C1=O. The van der Waals surface area contributed by atoms with Crippen LogP contribution >= 0.6 is 0 Å². The van der Waals surface area contributed by atoms with Gasteiger partial charge in [-0.3, -0.25) is 4.79 Å². The first-order valence-electron chi connectivity index (χ1n) is 6.52. The number of ketones is 1. The summed E-state index contributed by atoms with van der Waals surface area (Å²) in [6, 6.07) is 0. The molecule has 94 valence electrons. The van der Waals surface area contributed by atoms with Crippen LogP contribution in [0.4, 0.5) is 0 Å². The van der Waals surface area contributed by atoms with E-state index in [-0.39, 0.29) is 11.3 Å². The van der Waals surface area contributed by atoms with E-state index in [9.17, 15) is 4.79 Å². The van der Waals surface area contributed by atoms with Gasteiger partial charge in [0, 0.05) is 11.3 Å². The highest BCUT2D eigenvalue weighted by atomic mass is 16.1. The van der Waals surface area contributed by atoms with E-state index in [0.717, 1.165) is 31.3 Å². The van der Waals surface area contributed by atoms with Crippen LogP contribution in [0.1, 0.15) is 46.0 Å². The number of Topliss-reactive ketones (excluding diaryl/α,β-unsaturated/α-hetero) is 1. The van der Waals surface area contributed by atoms with Gasteiger partial charge in [-0.25, -0.2) is 0 Å². The Morgan fingerprint density at radius 2 is 2.18 bits per heavy atom. The highest BCUT2D eigenvalue weighted by Gasteiger charge is 2.37. The Bertz CT molecular complexity index is 337. The summed E-state index contributed by atoms with van der Waals surface area (Å²) in [5, 5.41) is 0. The van der Waals surface area contributed by atoms with Crippen LogP contribution < -0.4 is 0 Å². The third-order valence-corrected chi connectivity index (χ3v) is 3.85. The lowest BCUT2D eigenvalue weighted by atomic mass is 9.74. The Kier molecular flexibility index (Phi) is 4.92. The number of carbonyl (C=O) groups is 1. The van der Waals surface area contributed by atoms with E-state index < -0.39 is 0 Å². The molecule has 1 aliphatic carbocycles. The van der Waals surface area contributed by atoms with Gasteiger partial charge in [-0.05, 0) is 24.8 Å². The minimum atomic E-state index is -0.209. The van der Waals surface area contributed by atoms with Gasteiger partial charge < -0.3 is 0 Å². The molecule has 17 heavy (non-hydrogen) atoms. The lowest BCUT2D eigenvalue weighted by Crippen LogP contribution is -2.31. The van der Waals surface area contributed by atoms with Crippen LogP contribution in [0.5, 0.6) is 0 Å². The average molecular weight is 232 g/mol. The van der Waals surface area contributed by atoms with Gasteiger partial charge in [0.05, 0.1) is 0 Å². The molecule has 0 N–H and O–H groups in total. The molecule has 0 radical (unpaired) electrons. The number of allylic oxidation sites excluding steroid dienone is 4. The zero-order valence-electron chi connectivity index (χ0n) is 11.2. The lowest BCUT2D eigenvalue weighted by molar-refractivity contribution is -0.131. The van der Waals surface area contributed by atoms with Crippen LogP contribution in [0.15, 0.2) is 37.0 Å². The van der Waals surface area contributed by atoms with Crippen molar-refractivity contribution in [3.8, 4) is 0 Å². The maximum absolute atomic E-state index is 12.4. The van der Waals surface area contributed by atoms with E-state index in [1.807, 2.05) is 12.2 Å². The highest BCUT2D eigenvalue weighted by molar-refractivity contribution is 5.87. The Morgan fingerprint density at radius 3 is 2.76 bits per heavy atom. The molecule has 0 aromatic carbocycles. The number of carbonyl (C=O) groups excluding carboxylic acids is 1. The predicted molar refractivity (Wildman–Crippen MR) is 73.8 cm³/mol. The van der Waals surface area contributed by atoms with E-state index in [0.29, 0.717) is 5.78 Å². The molecule has 2 unspecified atom stereocenters. The number of hydrogen-bond donors (Lipinski definition) is 0. The van der Waals surface area contributed by atoms with Gasteiger partial charge in [-0.2, -0.15) is 0 Å². The molecular formula is C16H24O. The minimum absolute atomic E-state index is 0.206. The molecule has 1 aliphatic rings. The molecule has 1 rings (SSSR count). The van der Waals surface area contributed by atoms with Crippen molar-refractivity contribution < 1.29 is 4.79 Å². The first-order chi connectivity index (χ1) is 8.03. The molecule has 0 saturated heterocycles. The van der Waals surface area contributed by atoms with Gasteiger partial charge in [0.2, 0.25) is 0 Å². The van der Waals surface area contributed by atoms with E-state index >= 15 is 0 Å². The zero-order valence-corrected chi connectivity index (χ0v) is 11.2. The van der Waals surface area contributed by atoms with Crippen molar-refractivity contribution in [3.63, 3.8) is 0 Å². The topological polar surface area (TPSA) is 17.1 Å². The molecule has 0 aliphatic heterocycles. The second-order valence-electron chi connectivity index (χ2n) is 5.43. The molecule has 0 aromatic rings. The summed E-state index contributed by atoms with van der Waals surface area (Å²) in [5.41, 5.74) is 0.906. The zero-order chi connectivity index (χ0) is 12.9. The van der Waals surface area contributed by atoms with Crippen molar-refractivity contribution in [1.29, 1.82) is 0 Å². The van der Waals surface area contributed by atoms with Crippen LogP contribution in [-0.4, -0.2) is 5.78 Å². The summed E-state index contributed by atoms with van der Waals surface area (Å²) in [4.78, 5) is 12.4. The van der Waals surface area contributed by atoms with Crippen molar-refractivity contribution in [3.05, 3.63) is 37.0 Å². The lowest BCUT2D eigenvalue weighted by Gasteiger charge is -2.29. The Morgan fingerprint density at radius 1 is 1.47 bits per heavy atom. The first-order valence-corrected chi connectivity index (χ1v) is 6.52. The Balaban J connectivity index is 2.90. The first kappa shape index (κ1) is 14.0. The van der Waals surface area contributed by atoms with E-state index in [1.54, 1.807) is 6.08 Å². The van der Waals surface area contributed by atoms with Crippen molar-refractivity contribution in [2.75, 3.05) is 0 Å². The molecule has 0 aromatic heterocycles. The van der Waals surface area contributed by atoms with E-state index in [1.165, 1.54) is 6.42 Å². The van der Waals surface area contributed by atoms with Crippen molar-refractivity contribution in [2.45, 2.75) is 46.0 Å². The van der Waals surface area contributed by atoms with Crippen molar-refractivity contribution >= 4 is 5.78 Å². The van der Waals surface area contributed by atoms with E-state index in [4.69, 9.17) is 0 Å². The van der Waals surface area contributed by atoms with Gasteiger partial charge >= 0.3 is 0 Å². The molecule has 1 nitrogen and oxygen atoms in total. The molecule has 0 spiro atoms. The average Bonchev–Trinajstić information content (AvgIpc) is 2.43. The third-order valence-electron chi connectivity index (χ3n) is 3.85. The smallest absolute Gasteiger partial charge is 0.141 e. The third kappa shape index (κ3) is 3.42. The molecule has 1 fully saturated rings. The normalized spacial score (nSPS) is 30.8. The molecule has 1 saturated carbocycles. The largest absolute Gasteiger partial charge is 0.299 e. The monoisotopic (exact) mass is 232 g/mol. The molecule has 0 amide bonds. The fourth-order valence-corrected chi connectivity index (χ4v) is 2.79. The van der Waals surface area contributed by atoms with Crippen LogP contribution in [0, 0.1) is 11.3 Å². The molecule has 0 bridgehead atoms. The second-order valence-corrected chi connectivity index (χ2v) is 5.43. The Hall–Kier alpha value is -1.11. The fraction of sp³-hybridized carbons (Fsp3) is 0.562. The van der Waals surface area contributed by atoms with Crippen LogP contribution in [-0.2, 0) is 4.79 Å². The van der Waals surface area contributed by atoms with Gasteiger partial charge in [-0.1, -0.05) is 58.1 Å². The standard InChI is InChI=1S/C16H24O/c1-5-9-14(6-2)12-16(4)11-8-7-10-13(3)15(16)17/h5-6,9,13H,1-2,7-8,10-12H2,3-4H3/b14-9+. The summed E-state index contributed by atoms with van der Waals surface area (Å²) in [6.45, 7) is 11.7. The molecule has 1 heteroatoms. The molecule has 2 atom stereocenters. The van der Waals surface area contributed by atoms with Crippen LogP contribution in [0.25, 0.3) is 0 Å². The molecular weight excluding hydrogens is 208 g/mol. The van der Waals surface area contributed by atoms with Gasteiger partial charge in [-0.15, -0.1) is 0 Å². The fourth-order valence-electron chi connectivity index (χ4n) is 2.79. The number of rotatable bonds is 4. The summed E-state index contributed by atoms with van der Waals surface area (Å²) in [6.07, 6.45) is 10.7. The van der Waals surface area contributed by atoms with Gasteiger partial charge in [0.1, 0.15) is 5.78 Å². The minimum Gasteiger partial charge on any atom is -0.299 e. The molecule has 0 heterocycles. The maximum atomic E-state index is 12.4. The summed E-state index contributed by atoms with van der Waals surface area (Å²) >= 11 is 0. The summed E-state index contributed by atoms with van der Waals surface area (Å²) in [7, 11) is 0. The van der Waals surface area contributed by atoms with Crippen LogP contribution in [0.2, 0.25) is 0 Å². The summed E-state index contributed by atoms with van der Waals surface area (Å²) in [5.74, 6) is 0.629. The van der Waals surface area contributed by atoms with Gasteiger partial charge in [0.15, 0.2) is 0 Å². The summed E-state index contributed by atoms with van der Waals surface area (Å²) < 4.78 is 0. The Labute approximate surface area is 105 Å². The van der Waals surface area contributed by atoms with Crippen molar-refractivity contribution in [2.24, 2.45) is 11.3 Å². The highest BCUT2D eigenvalue weighted by Crippen LogP contribution is 2.39. The van der Waals surface area contributed by atoms with E-state index in [2.05, 4.69) is 27.0 Å². The quantitative estimate of drug-likeness (QED) is 0.516. The van der Waals surface area contributed by atoms with Gasteiger partial charge in [0.25, 0.3) is 0 Å². The van der Waals surface area contributed by atoms with Crippen molar-refractivity contribution in [1.82, 2.24) is 0 Å². The second kappa shape index (κ2) is 6.00. The predicted octanol–water partition coefficient (Wildman–Crippen LogP) is 4.46. The van der Waals surface area contributed by atoms with Crippen LogP contribution in [0.3, 0.4) is 0 Å². The number of hydrogen-bond acceptors (Lipinski definition) is 1. The maximum Gasteiger partial charge on any atom is 0.141 e.